The van der Waals surface area contributed by atoms with Gasteiger partial charge in [-0.2, -0.15) is 0 Å². The topological polar surface area (TPSA) is 66.5 Å². The summed E-state index contributed by atoms with van der Waals surface area (Å²) in [5.41, 5.74) is 9.15. The summed E-state index contributed by atoms with van der Waals surface area (Å²) in [6.45, 7) is 4.06. The van der Waals surface area contributed by atoms with Gasteiger partial charge in [0.1, 0.15) is 5.75 Å². The summed E-state index contributed by atoms with van der Waals surface area (Å²) in [6, 6.07) is 3.39. The molecule has 0 saturated carbocycles. The van der Waals surface area contributed by atoms with E-state index in [4.69, 9.17) is 10.8 Å². The Balaban J connectivity index is 2.92. The summed E-state index contributed by atoms with van der Waals surface area (Å²) in [7, 11) is 0. The average molecular weight is 209 g/mol. The van der Waals surface area contributed by atoms with Crippen LogP contribution in [-0.4, -0.2) is 16.8 Å². The molecular formula is C12H19NO2. The zero-order chi connectivity index (χ0) is 11.4. The number of aromatic hydroxyl groups is 1. The van der Waals surface area contributed by atoms with E-state index in [1.165, 1.54) is 0 Å². The van der Waals surface area contributed by atoms with Crippen molar-refractivity contribution >= 4 is 0 Å². The van der Waals surface area contributed by atoms with Crippen LogP contribution in [-0.2, 0) is 0 Å². The van der Waals surface area contributed by atoms with Crippen LogP contribution < -0.4 is 5.73 Å². The minimum Gasteiger partial charge on any atom is -0.508 e. The van der Waals surface area contributed by atoms with E-state index in [1.807, 2.05) is 13.8 Å². The maximum absolute atomic E-state index is 9.40. The van der Waals surface area contributed by atoms with Crippen molar-refractivity contribution in [1.29, 1.82) is 0 Å². The quantitative estimate of drug-likeness (QED) is 0.708. The van der Waals surface area contributed by atoms with Crippen LogP contribution in [0.5, 0.6) is 5.75 Å². The summed E-state index contributed by atoms with van der Waals surface area (Å²) in [4.78, 5) is 0. The van der Waals surface area contributed by atoms with Gasteiger partial charge < -0.3 is 15.9 Å². The van der Waals surface area contributed by atoms with Gasteiger partial charge in [-0.1, -0.05) is 0 Å². The molecule has 0 radical (unpaired) electrons. The summed E-state index contributed by atoms with van der Waals surface area (Å²) >= 11 is 0. The van der Waals surface area contributed by atoms with E-state index >= 15 is 0 Å². The van der Waals surface area contributed by atoms with Crippen LogP contribution in [0.15, 0.2) is 12.1 Å². The van der Waals surface area contributed by atoms with Gasteiger partial charge in [-0.25, -0.2) is 0 Å². The second-order valence-corrected chi connectivity index (χ2v) is 3.97. The highest BCUT2D eigenvalue weighted by Gasteiger charge is 2.12. The Morgan fingerprint density at radius 2 is 1.80 bits per heavy atom. The number of phenols is 1. The van der Waals surface area contributed by atoms with E-state index in [0.717, 1.165) is 23.1 Å². The molecule has 3 heteroatoms. The molecular weight excluding hydrogens is 190 g/mol. The highest BCUT2D eigenvalue weighted by molar-refractivity contribution is 5.42. The number of hydrogen-bond donors (Lipinski definition) is 3. The average Bonchev–Trinajstić information content (AvgIpc) is 2.12. The molecule has 1 rings (SSSR count). The Kier molecular flexibility index (Phi) is 4.12. The molecule has 0 aromatic heterocycles. The summed E-state index contributed by atoms with van der Waals surface area (Å²) < 4.78 is 0. The normalized spacial score (nSPS) is 12.8. The number of aliphatic hydroxyl groups is 1. The standard InChI is InChI=1S/C12H19NO2/c1-8-6-10(15)7-9(2)12(8)11(13)4-3-5-14/h6-7,11,14-15H,3-5,13H2,1-2H3/t11-/m0/s1. The fraction of sp³-hybridized carbons (Fsp3) is 0.500. The number of aliphatic hydroxyl groups excluding tert-OH is 1. The van der Waals surface area contributed by atoms with Crippen molar-refractivity contribution in [2.24, 2.45) is 5.73 Å². The maximum Gasteiger partial charge on any atom is 0.116 e. The minimum atomic E-state index is -0.0576. The van der Waals surface area contributed by atoms with Gasteiger partial charge in [0.2, 0.25) is 0 Å². The lowest BCUT2D eigenvalue weighted by atomic mass is 9.93. The fourth-order valence-electron chi connectivity index (χ4n) is 1.99. The van der Waals surface area contributed by atoms with Crippen LogP contribution in [0.1, 0.15) is 35.6 Å². The predicted molar refractivity (Wildman–Crippen MR) is 60.8 cm³/mol. The van der Waals surface area contributed by atoms with E-state index in [0.29, 0.717) is 6.42 Å². The van der Waals surface area contributed by atoms with Crippen LogP contribution in [0, 0.1) is 13.8 Å². The van der Waals surface area contributed by atoms with E-state index < -0.39 is 0 Å². The molecule has 0 unspecified atom stereocenters. The van der Waals surface area contributed by atoms with Crippen LogP contribution >= 0.6 is 0 Å². The van der Waals surface area contributed by atoms with Gasteiger partial charge in [0.15, 0.2) is 0 Å². The SMILES string of the molecule is Cc1cc(O)cc(C)c1[C@@H](N)CCCO. The van der Waals surface area contributed by atoms with E-state index in [1.54, 1.807) is 12.1 Å². The minimum absolute atomic E-state index is 0.0576. The molecule has 1 atom stereocenters. The Hall–Kier alpha value is -1.06. The molecule has 0 aliphatic heterocycles. The second kappa shape index (κ2) is 5.14. The predicted octanol–water partition coefficient (Wildman–Crippen LogP) is 1.78. The molecule has 0 fully saturated rings. The van der Waals surface area contributed by atoms with E-state index in [2.05, 4.69) is 0 Å². The number of nitrogens with two attached hydrogens (primary N) is 1. The highest BCUT2D eigenvalue weighted by atomic mass is 16.3. The monoisotopic (exact) mass is 209 g/mol. The Labute approximate surface area is 90.5 Å². The first kappa shape index (κ1) is 12.0. The van der Waals surface area contributed by atoms with Crippen molar-refractivity contribution in [2.45, 2.75) is 32.7 Å². The highest BCUT2D eigenvalue weighted by Crippen LogP contribution is 2.27. The number of rotatable bonds is 4. The Morgan fingerprint density at radius 3 is 2.27 bits per heavy atom. The van der Waals surface area contributed by atoms with Gasteiger partial charge in [-0.15, -0.1) is 0 Å². The second-order valence-electron chi connectivity index (χ2n) is 3.97. The van der Waals surface area contributed by atoms with Gasteiger partial charge in [-0.05, 0) is 55.5 Å². The van der Waals surface area contributed by atoms with Crippen molar-refractivity contribution in [3.63, 3.8) is 0 Å². The first-order chi connectivity index (χ1) is 7.06. The van der Waals surface area contributed by atoms with Gasteiger partial charge in [0.25, 0.3) is 0 Å². The van der Waals surface area contributed by atoms with Gasteiger partial charge in [0, 0.05) is 12.6 Å². The number of benzene rings is 1. The van der Waals surface area contributed by atoms with Crippen LogP contribution in [0.3, 0.4) is 0 Å². The lowest BCUT2D eigenvalue weighted by molar-refractivity contribution is 0.280. The van der Waals surface area contributed by atoms with Crippen molar-refractivity contribution in [3.05, 3.63) is 28.8 Å². The Bertz CT molecular complexity index is 313. The molecule has 0 bridgehead atoms. The van der Waals surface area contributed by atoms with Gasteiger partial charge >= 0.3 is 0 Å². The molecule has 4 N–H and O–H groups in total. The first-order valence-electron chi connectivity index (χ1n) is 5.22. The van der Waals surface area contributed by atoms with Gasteiger partial charge in [0.05, 0.1) is 0 Å². The molecule has 1 aromatic carbocycles. The van der Waals surface area contributed by atoms with Crippen molar-refractivity contribution in [3.8, 4) is 5.75 Å². The zero-order valence-electron chi connectivity index (χ0n) is 9.33. The molecule has 0 aliphatic rings. The van der Waals surface area contributed by atoms with Crippen LogP contribution in [0.25, 0.3) is 0 Å². The molecule has 0 saturated heterocycles. The molecule has 0 heterocycles. The van der Waals surface area contributed by atoms with Crippen LogP contribution in [0.4, 0.5) is 0 Å². The summed E-state index contributed by atoms with van der Waals surface area (Å²) in [6.07, 6.45) is 1.48. The van der Waals surface area contributed by atoms with Crippen molar-refractivity contribution in [2.75, 3.05) is 6.61 Å². The van der Waals surface area contributed by atoms with E-state index in [9.17, 15) is 5.11 Å². The summed E-state index contributed by atoms with van der Waals surface area (Å²) in [5, 5.41) is 18.1. The largest absolute Gasteiger partial charge is 0.508 e. The molecule has 0 amide bonds. The lowest BCUT2D eigenvalue weighted by Crippen LogP contribution is -2.13. The smallest absolute Gasteiger partial charge is 0.116 e. The Morgan fingerprint density at radius 1 is 1.27 bits per heavy atom. The first-order valence-corrected chi connectivity index (χ1v) is 5.22. The molecule has 0 aliphatic carbocycles. The molecule has 1 aromatic rings. The van der Waals surface area contributed by atoms with E-state index in [-0.39, 0.29) is 18.4 Å². The van der Waals surface area contributed by atoms with Crippen molar-refractivity contribution < 1.29 is 10.2 Å². The number of phenolic OH excluding ortho intramolecular Hbond substituents is 1. The third-order valence-electron chi connectivity index (χ3n) is 2.62. The van der Waals surface area contributed by atoms with Gasteiger partial charge in [-0.3, -0.25) is 0 Å². The number of hydrogen-bond acceptors (Lipinski definition) is 3. The summed E-state index contributed by atoms with van der Waals surface area (Å²) in [5.74, 6) is 0.281. The molecule has 3 nitrogen and oxygen atoms in total. The third kappa shape index (κ3) is 2.94. The third-order valence-corrected chi connectivity index (χ3v) is 2.62. The van der Waals surface area contributed by atoms with Crippen LogP contribution in [0.2, 0.25) is 0 Å². The van der Waals surface area contributed by atoms with Crippen molar-refractivity contribution in [1.82, 2.24) is 0 Å². The molecule has 15 heavy (non-hydrogen) atoms. The fourth-order valence-corrected chi connectivity index (χ4v) is 1.99. The maximum atomic E-state index is 9.40. The molecule has 84 valence electrons. The lowest BCUT2D eigenvalue weighted by Gasteiger charge is -2.17. The number of aryl methyl sites for hydroxylation is 2. The zero-order valence-corrected chi connectivity index (χ0v) is 9.33. The molecule has 0 spiro atoms.